The molecule has 0 aromatic heterocycles. The predicted octanol–water partition coefficient (Wildman–Crippen LogP) is 5.22. The quantitative estimate of drug-likeness (QED) is 0.212. The van der Waals surface area contributed by atoms with E-state index in [0.29, 0.717) is 18.8 Å². The van der Waals surface area contributed by atoms with Crippen LogP contribution in [0.1, 0.15) is 21.2 Å². The molecule has 0 aliphatic carbocycles. The number of carbonyl (C=O) groups excluding carboxylic acids is 2. The van der Waals surface area contributed by atoms with E-state index in [1.807, 2.05) is 55.4 Å². The first-order valence-corrected chi connectivity index (χ1v) is 13.0. The Balaban J connectivity index is 1.79. The van der Waals surface area contributed by atoms with Crippen LogP contribution in [0.4, 0.5) is 11.4 Å². The van der Waals surface area contributed by atoms with Crippen molar-refractivity contribution in [2.45, 2.75) is 16.2 Å². The van der Waals surface area contributed by atoms with Gasteiger partial charge in [-0.05, 0) is 50.0 Å². The zero-order chi connectivity index (χ0) is 27.4. The van der Waals surface area contributed by atoms with E-state index in [1.54, 1.807) is 24.1 Å². The van der Waals surface area contributed by atoms with Gasteiger partial charge in [-0.15, -0.1) is 11.8 Å². The summed E-state index contributed by atoms with van der Waals surface area (Å²) in [5.74, 6) is -0.682. The molecule has 11 heteroatoms. The Hall–Kier alpha value is -3.60. The molecule has 0 saturated carbocycles. The third-order valence-electron chi connectivity index (χ3n) is 6.02. The monoisotopic (exact) mass is 555 g/mol. The summed E-state index contributed by atoms with van der Waals surface area (Å²) < 4.78 is 11.2. The molecule has 1 amide bonds. The van der Waals surface area contributed by atoms with Crippen molar-refractivity contribution in [3.8, 4) is 5.75 Å². The lowest BCUT2D eigenvalue weighted by Crippen LogP contribution is -2.45. The zero-order valence-electron chi connectivity index (χ0n) is 21.0. The molecule has 0 N–H and O–H groups in total. The number of thioether (sulfide) groups is 1. The summed E-state index contributed by atoms with van der Waals surface area (Å²) in [6.45, 7) is 0.944. The number of ether oxygens (including phenoxy) is 2. The van der Waals surface area contributed by atoms with Gasteiger partial charge in [-0.2, -0.15) is 0 Å². The van der Waals surface area contributed by atoms with Crippen LogP contribution in [0.3, 0.4) is 0 Å². The lowest BCUT2D eigenvalue weighted by Gasteiger charge is -2.28. The number of carbonyl (C=O) groups is 2. The largest absolute Gasteiger partial charge is 0.497 e. The van der Waals surface area contributed by atoms with E-state index in [4.69, 9.17) is 21.1 Å². The number of anilines is 1. The van der Waals surface area contributed by atoms with Crippen molar-refractivity contribution in [2.75, 3.05) is 39.2 Å². The first-order chi connectivity index (χ1) is 18.2. The maximum atomic E-state index is 14.1. The highest BCUT2D eigenvalue weighted by Crippen LogP contribution is 2.47. The van der Waals surface area contributed by atoms with Gasteiger partial charge in [0.25, 0.3) is 11.6 Å². The summed E-state index contributed by atoms with van der Waals surface area (Å²) in [6.07, 6.45) is -1.24. The van der Waals surface area contributed by atoms with Crippen LogP contribution in [-0.4, -0.2) is 62.1 Å². The van der Waals surface area contributed by atoms with Gasteiger partial charge in [0.1, 0.15) is 5.75 Å². The third-order valence-corrected chi connectivity index (χ3v) is 7.73. The van der Waals surface area contributed by atoms with Crippen molar-refractivity contribution in [1.82, 2.24) is 4.90 Å². The molecule has 0 spiro atoms. The van der Waals surface area contributed by atoms with Crippen LogP contribution >= 0.6 is 23.4 Å². The number of hydrogen-bond acceptors (Lipinski definition) is 8. The van der Waals surface area contributed by atoms with Crippen LogP contribution in [0, 0.1) is 10.1 Å². The first kappa shape index (κ1) is 27.4. The van der Waals surface area contributed by atoms with Gasteiger partial charge in [-0.1, -0.05) is 35.9 Å². The molecule has 3 aromatic carbocycles. The van der Waals surface area contributed by atoms with Crippen LogP contribution in [0.5, 0.6) is 5.75 Å². The fourth-order valence-corrected chi connectivity index (χ4v) is 5.53. The molecule has 3 aromatic rings. The number of esters is 1. The van der Waals surface area contributed by atoms with Gasteiger partial charge >= 0.3 is 5.97 Å². The normalized spacial score (nSPS) is 17.1. The van der Waals surface area contributed by atoms with Gasteiger partial charge in [0.2, 0.25) is 0 Å². The van der Waals surface area contributed by atoms with Gasteiger partial charge in [0, 0.05) is 30.1 Å². The minimum absolute atomic E-state index is 0.0110. The van der Waals surface area contributed by atoms with Crippen LogP contribution in [0.15, 0.2) is 71.6 Å². The van der Waals surface area contributed by atoms with Crippen LogP contribution in [0.25, 0.3) is 0 Å². The second-order valence-corrected chi connectivity index (χ2v) is 10.4. The summed E-state index contributed by atoms with van der Waals surface area (Å²) in [5.41, 5.74) is 0.967. The maximum absolute atomic E-state index is 14.1. The number of hydrogen-bond donors (Lipinski definition) is 0. The number of methoxy groups -OCH3 is 1. The van der Waals surface area contributed by atoms with Crippen molar-refractivity contribution in [2.24, 2.45) is 0 Å². The minimum atomic E-state index is -1.24. The molecular formula is C27H26ClN3O6S. The molecular weight excluding hydrogens is 530 g/mol. The zero-order valence-corrected chi connectivity index (χ0v) is 22.6. The molecule has 0 unspecified atom stereocenters. The fraction of sp³-hybridized carbons (Fsp3) is 0.259. The van der Waals surface area contributed by atoms with Gasteiger partial charge in [-0.25, -0.2) is 4.79 Å². The Bertz CT molecular complexity index is 1350. The van der Waals surface area contributed by atoms with Crippen molar-refractivity contribution >= 4 is 46.6 Å². The number of rotatable bonds is 8. The highest BCUT2D eigenvalue weighted by Gasteiger charge is 2.41. The lowest BCUT2D eigenvalue weighted by atomic mass is 10.0. The number of fused-ring (bicyclic) bond motifs is 1. The molecule has 198 valence electrons. The van der Waals surface area contributed by atoms with E-state index in [9.17, 15) is 19.7 Å². The number of likely N-dealkylation sites (N-methyl/N-ethyl adjacent to an activating group) is 1. The Morgan fingerprint density at radius 2 is 1.84 bits per heavy atom. The summed E-state index contributed by atoms with van der Waals surface area (Å²) in [6, 6.07) is 18.2. The molecule has 0 fully saturated rings. The van der Waals surface area contributed by atoms with Gasteiger partial charge < -0.3 is 19.3 Å². The molecule has 2 atom stereocenters. The molecule has 9 nitrogen and oxygen atoms in total. The Kier molecular flexibility index (Phi) is 8.55. The van der Waals surface area contributed by atoms with E-state index in [-0.39, 0.29) is 16.3 Å². The first-order valence-electron chi connectivity index (χ1n) is 11.7. The van der Waals surface area contributed by atoms with Crippen molar-refractivity contribution < 1.29 is 24.0 Å². The van der Waals surface area contributed by atoms with E-state index >= 15 is 0 Å². The number of benzene rings is 3. The summed E-state index contributed by atoms with van der Waals surface area (Å²) in [7, 11) is 5.38. The number of amides is 1. The van der Waals surface area contributed by atoms with Crippen LogP contribution in [-0.2, 0) is 9.53 Å². The minimum Gasteiger partial charge on any atom is -0.497 e. The third kappa shape index (κ3) is 5.93. The van der Waals surface area contributed by atoms with E-state index in [2.05, 4.69) is 0 Å². The SMILES string of the molecule is COc1ccc([C@@H]2Sc3ccccc3N(CCN(C)C)C(=O)[C@@H]2OC(=O)c2cc([N+](=O)[O-])ccc2Cl)cc1. The number of nitro benzene ring substituents is 1. The average Bonchev–Trinajstić information content (AvgIpc) is 3.02. The van der Waals surface area contributed by atoms with E-state index in [1.165, 1.54) is 23.9 Å². The average molecular weight is 556 g/mol. The number of nitro groups is 1. The Labute approximate surface area is 229 Å². The second kappa shape index (κ2) is 11.8. The number of nitrogens with zero attached hydrogens (tertiary/aromatic N) is 3. The van der Waals surface area contributed by atoms with Crippen molar-refractivity contribution in [3.63, 3.8) is 0 Å². The molecule has 4 rings (SSSR count). The van der Waals surface area contributed by atoms with Crippen LogP contribution in [0.2, 0.25) is 5.02 Å². The van der Waals surface area contributed by atoms with E-state index in [0.717, 1.165) is 22.2 Å². The standard InChI is InChI=1S/C27H26ClN3O6S/c1-29(2)14-15-30-22-6-4-5-7-23(22)38-25(17-8-11-19(36-3)12-9-17)24(26(30)32)37-27(33)20-16-18(31(34)35)10-13-21(20)28/h4-13,16,24-25H,14-15H2,1-3H3/t24-,25+/m1/s1. The predicted molar refractivity (Wildman–Crippen MR) is 146 cm³/mol. The highest BCUT2D eigenvalue weighted by molar-refractivity contribution is 7.99. The van der Waals surface area contributed by atoms with E-state index < -0.39 is 28.2 Å². The van der Waals surface area contributed by atoms with Crippen LogP contribution < -0.4 is 9.64 Å². The summed E-state index contributed by atoms with van der Waals surface area (Å²) >= 11 is 7.62. The Morgan fingerprint density at radius 1 is 1.13 bits per heavy atom. The van der Waals surface area contributed by atoms with Crippen molar-refractivity contribution in [3.05, 3.63) is 93.0 Å². The molecule has 1 aliphatic rings. The van der Waals surface area contributed by atoms with Gasteiger partial charge in [0.05, 0.1) is 33.6 Å². The second-order valence-electron chi connectivity index (χ2n) is 8.82. The van der Waals surface area contributed by atoms with Gasteiger partial charge in [-0.3, -0.25) is 14.9 Å². The lowest BCUT2D eigenvalue weighted by molar-refractivity contribution is -0.384. The maximum Gasteiger partial charge on any atom is 0.340 e. The fourth-order valence-electron chi connectivity index (χ4n) is 4.02. The molecule has 1 heterocycles. The molecule has 38 heavy (non-hydrogen) atoms. The molecule has 0 bridgehead atoms. The smallest absolute Gasteiger partial charge is 0.340 e. The molecule has 1 aliphatic heterocycles. The van der Waals surface area contributed by atoms with Gasteiger partial charge in [0.15, 0.2) is 6.10 Å². The molecule has 0 saturated heterocycles. The topological polar surface area (TPSA) is 102 Å². The van der Waals surface area contributed by atoms with Crippen molar-refractivity contribution in [1.29, 1.82) is 0 Å². The molecule has 0 radical (unpaired) electrons. The number of para-hydroxylation sites is 1. The number of halogens is 1. The summed E-state index contributed by atoms with van der Waals surface area (Å²) in [4.78, 5) is 42.6. The summed E-state index contributed by atoms with van der Waals surface area (Å²) in [5, 5.41) is 10.7. The highest BCUT2D eigenvalue weighted by atomic mass is 35.5. The Morgan fingerprint density at radius 3 is 2.50 bits per heavy atom. The number of non-ortho nitro benzene ring substituents is 1.